The lowest BCUT2D eigenvalue weighted by molar-refractivity contribution is 0.347. The molecule has 2 nitrogen and oxygen atoms in total. The van der Waals surface area contributed by atoms with Crippen LogP contribution in [0.25, 0.3) is 0 Å². The maximum Gasteiger partial charge on any atom is 0.120 e. The van der Waals surface area contributed by atoms with E-state index in [0.29, 0.717) is 12.6 Å². The number of benzene rings is 1. The van der Waals surface area contributed by atoms with Crippen molar-refractivity contribution in [1.82, 2.24) is 5.32 Å². The summed E-state index contributed by atoms with van der Waals surface area (Å²) in [7, 11) is 0. The third-order valence-electron chi connectivity index (χ3n) is 2.61. The second-order valence-corrected chi connectivity index (χ2v) is 5.32. The first kappa shape index (κ1) is 15.1. The smallest absolute Gasteiger partial charge is 0.120 e. The molecule has 0 spiro atoms. The predicted octanol–water partition coefficient (Wildman–Crippen LogP) is 3.89. The summed E-state index contributed by atoms with van der Waals surface area (Å²) in [6, 6.07) is 4.37. The first-order valence-corrected chi connectivity index (χ1v) is 6.57. The molecule has 0 heterocycles. The van der Waals surface area contributed by atoms with Gasteiger partial charge in [0.15, 0.2) is 0 Å². The summed E-state index contributed by atoms with van der Waals surface area (Å²) >= 11 is 6.11. The van der Waals surface area contributed by atoms with Crippen LogP contribution in [0, 0.1) is 13.8 Å². The van der Waals surface area contributed by atoms with E-state index in [4.69, 9.17) is 16.3 Å². The Hall–Kier alpha value is -0.990. The summed E-state index contributed by atoms with van der Waals surface area (Å²) in [5, 5.41) is 4.12. The van der Waals surface area contributed by atoms with Crippen molar-refractivity contribution in [2.75, 3.05) is 13.2 Å². The molecule has 1 rings (SSSR count). The summed E-state index contributed by atoms with van der Waals surface area (Å²) in [6.07, 6.45) is 0. The van der Waals surface area contributed by atoms with Crippen LogP contribution in [0.1, 0.15) is 25.0 Å². The van der Waals surface area contributed by atoms with Crippen LogP contribution in [-0.2, 0) is 0 Å². The average molecular weight is 268 g/mol. The third kappa shape index (κ3) is 4.71. The molecule has 0 aliphatic heterocycles. The maximum atomic E-state index is 6.11. The second-order valence-electron chi connectivity index (χ2n) is 4.95. The quantitative estimate of drug-likeness (QED) is 0.790. The minimum atomic E-state index is 0.460. The van der Waals surface area contributed by atoms with Gasteiger partial charge in [-0.25, -0.2) is 0 Å². The number of hydrogen-bond donors (Lipinski definition) is 1. The number of ether oxygens (including phenoxy) is 1. The van der Waals surface area contributed by atoms with E-state index in [2.05, 4.69) is 25.7 Å². The highest BCUT2D eigenvalue weighted by Gasteiger charge is 2.04. The molecule has 18 heavy (non-hydrogen) atoms. The molecule has 0 aromatic heterocycles. The van der Waals surface area contributed by atoms with E-state index in [-0.39, 0.29) is 0 Å². The Balaban J connectivity index is 2.51. The van der Waals surface area contributed by atoms with E-state index in [1.165, 1.54) is 0 Å². The van der Waals surface area contributed by atoms with Crippen LogP contribution in [0.4, 0.5) is 0 Å². The Bertz CT molecular complexity index is 403. The molecule has 0 fully saturated rings. The Morgan fingerprint density at radius 3 is 2.39 bits per heavy atom. The topological polar surface area (TPSA) is 21.3 Å². The Morgan fingerprint density at radius 1 is 1.33 bits per heavy atom. The predicted molar refractivity (Wildman–Crippen MR) is 78.7 cm³/mol. The van der Waals surface area contributed by atoms with Gasteiger partial charge in [-0.05, 0) is 42.7 Å². The van der Waals surface area contributed by atoms with Crippen LogP contribution >= 0.6 is 11.6 Å². The Labute approximate surface area is 115 Å². The summed E-state index contributed by atoms with van der Waals surface area (Å²) < 4.78 is 5.72. The largest absolute Gasteiger partial charge is 0.489 e. The first-order valence-electron chi connectivity index (χ1n) is 6.19. The molecule has 100 valence electrons. The summed E-state index contributed by atoms with van der Waals surface area (Å²) in [6.45, 7) is 13.5. The van der Waals surface area contributed by atoms with Crippen molar-refractivity contribution in [3.63, 3.8) is 0 Å². The summed E-state index contributed by atoms with van der Waals surface area (Å²) in [5.74, 6) is 0.847. The standard InChI is InChI=1S/C15H22ClNO/c1-10(2)17-8-11(3)9-18-14-6-12(4)15(16)13(5)7-14/h6-7,10,17H,3,8-9H2,1-2,4-5H3. The van der Waals surface area contributed by atoms with E-state index < -0.39 is 0 Å². The van der Waals surface area contributed by atoms with Crippen LogP contribution in [0.15, 0.2) is 24.3 Å². The Morgan fingerprint density at radius 2 is 1.89 bits per heavy atom. The SMILES string of the molecule is C=C(CNC(C)C)COc1cc(C)c(Cl)c(C)c1. The molecule has 0 amide bonds. The molecular formula is C15H22ClNO. The van der Waals surface area contributed by atoms with Crippen LogP contribution < -0.4 is 10.1 Å². The highest BCUT2D eigenvalue weighted by molar-refractivity contribution is 6.32. The van der Waals surface area contributed by atoms with Gasteiger partial charge in [0, 0.05) is 17.6 Å². The molecule has 0 saturated carbocycles. The van der Waals surface area contributed by atoms with Gasteiger partial charge in [-0.2, -0.15) is 0 Å². The average Bonchev–Trinajstić information content (AvgIpc) is 2.30. The fourth-order valence-electron chi connectivity index (χ4n) is 1.57. The number of halogens is 1. The zero-order valence-corrected chi connectivity index (χ0v) is 12.4. The van der Waals surface area contributed by atoms with Gasteiger partial charge in [0.1, 0.15) is 12.4 Å². The van der Waals surface area contributed by atoms with Crippen molar-refractivity contribution in [2.24, 2.45) is 0 Å². The number of nitrogens with one attached hydrogen (secondary N) is 1. The third-order valence-corrected chi connectivity index (χ3v) is 3.21. The fourth-order valence-corrected chi connectivity index (χ4v) is 1.68. The van der Waals surface area contributed by atoms with Gasteiger partial charge >= 0.3 is 0 Å². The minimum absolute atomic E-state index is 0.460. The van der Waals surface area contributed by atoms with Gasteiger partial charge in [0.05, 0.1) is 0 Å². The molecule has 0 saturated heterocycles. The van der Waals surface area contributed by atoms with Crippen LogP contribution in [0.2, 0.25) is 5.02 Å². The summed E-state index contributed by atoms with van der Waals surface area (Å²) in [5.41, 5.74) is 3.11. The molecule has 0 aliphatic carbocycles. The Kier molecular flexibility index (Phi) is 5.70. The van der Waals surface area contributed by atoms with Crippen molar-refractivity contribution in [2.45, 2.75) is 33.7 Å². The molecule has 0 radical (unpaired) electrons. The maximum absolute atomic E-state index is 6.11. The molecule has 1 aromatic carbocycles. The van der Waals surface area contributed by atoms with Gasteiger partial charge in [0.2, 0.25) is 0 Å². The molecule has 3 heteroatoms. The van der Waals surface area contributed by atoms with E-state index in [9.17, 15) is 0 Å². The molecule has 0 unspecified atom stereocenters. The number of aryl methyl sites for hydroxylation is 2. The lowest BCUT2D eigenvalue weighted by Crippen LogP contribution is -2.26. The second kappa shape index (κ2) is 6.81. The van der Waals surface area contributed by atoms with Crippen LogP contribution in [0.5, 0.6) is 5.75 Å². The molecule has 0 bridgehead atoms. The van der Waals surface area contributed by atoms with Gasteiger partial charge in [0.25, 0.3) is 0 Å². The highest BCUT2D eigenvalue weighted by Crippen LogP contribution is 2.25. The fraction of sp³-hybridized carbons (Fsp3) is 0.467. The highest BCUT2D eigenvalue weighted by atomic mass is 35.5. The van der Waals surface area contributed by atoms with Gasteiger partial charge in [-0.3, -0.25) is 0 Å². The van der Waals surface area contributed by atoms with Crippen molar-refractivity contribution in [3.05, 3.63) is 40.4 Å². The number of hydrogen-bond acceptors (Lipinski definition) is 2. The van der Waals surface area contributed by atoms with E-state index in [0.717, 1.165) is 34.0 Å². The van der Waals surface area contributed by atoms with Gasteiger partial charge in [-0.15, -0.1) is 0 Å². The van der Waals surface area contributed by atoms with Gasteiger partial charge < -0.3 is 10.1 Å². The normalized spacial score (nSPS) is 10.8. The molecule has 1 N–H and O–H groups in total. The minimum Gasteiger partial charge on any atom is -0.489 e. The molecule has 0 atom stereocenters. The zero-order valence-electron chi connectivity index (χ0n) is 11.6. The monoisotopic (exact) mass is 267 g/mol. The van der Waals surface area contributed by atoms with Gasteiger partial charge in [-0.1, -0.05) is 32.0 Å². The van der Waals surface area contributed by atoms with E-state index in [1.807, 2.05) is 26.0 Å². The van der Waals surface area contributed by atoms with Crippen LogP contribution in [-0.4, -0.2) is 19.2 Å². The van der Waals surface area contributed by atoms with Crippen molar-refractivity contribution in [3.8, 4) is 5.75 Å². The lowest BCUT2D eigenvalue weighted by Gasteiger charge is -2.13. The van der Waals surface area contributed by atoms with Crippen molar-refractivity contribution >= 4 is 11.6 Å². The van der Waals surface area contributed by atoms with Crippen LogP contribution in [0.3, 0.4) is 0 Å². The molecule has 0 aliphatic rings. The van der Waals surface area contributed by atoms with E-state index >= 15 is 0 Å². The lowest BCUT2D eigenvalue weighted by atomic mass is 10.1. The molecule has 1 aromatic rings. The first-order chi connectivity index (χ1) is 8.40. The van der Waals surface area contributed by atoms with Crippen molar-refractivity contribution in [1.29, 1.82) is 0 Å². The summed E-state index contributed by atoms with van der Waals surface area (Å²) in [4.78, 5) is 0. The van der Waals surface area contributed by atoms with Crippen molar-refractivity contribution < 1.29 is 4.74 Å². The molecular weight excluding hydrogens is 246 g/mol. The zero-order chi connectivity index (χ0) is 13.7. The number of rotatable bonds is 6. The van der Waals surface area contributed by atoms with E-state index in [1.54, 1.807) is 0 Å².